The zero-order chi connectivity index (χ0) is 16.7. The minimum atomic E-state index is -0.227. The van der Waals surface area contributed by atoms with Crippen LogP contribution in [0.3, 0.4) is 0 Å². The van der Waals surface area contributed by atoms with Gasteiger partial charge in [0.25, 0.3) is 5.91 Å². The third-order valence-electron chi connectivity index (χ3n) is 2.90. The molecule has 0 atom stereocenters. The Labute approximate surface area is 138 Å². The van der Waals surface area contributed by atoms with E-state index < -0.39 is 0 Å². The number of ether oxygens (including phenoxy) is 1. The summed E-state index contributed by atoms with van der Waals surface area (Å²) in [7, 11) is 1.57. The van der Waals surface area contributed by atoms with Crippen LogP contribution in [0, 0.1) is 6.92 Å². The maximum atomic E-state index is 11.9. The van der Waals surface area contributed by atoms with E-state index in [4.69, 9.17) is 4.74 Å². The van der Waals surface area contributed by atoms with Crippen LogP contribution in [0.15, 0.2) is 24.3 Å². The van der Waals surface area contributed by atoms with Gasteiger partial charge < -0.3 is 15.4 Å². The van der Waals surface area contributed by atoms with Gasteiger partial charge in [0.05, 0.1) is 0 Å². The largest absolute Gasteiger partial charge is 0.377 e. The lowest BCUT2D eigenvalue weighted by atomic mass is 10.1. The molecule has 8 heteroatoms. The van der Waals surface area contributed by atoms with Gasteiger partial charge in [-0.1, -0.05) is 29.0 Å². The van der Waals surface area contributed by atoms with Crippen LogP contribution in [0.5, 0.6) is 0 Å². The van der Waals surface area contributed by atoms with Gasteiger partial charge in [-0.25, -0.2) is 0 Å². The molecule has 1 aromatic carbocycles. The highest BCUT2D eigenvalue weighted by Crippen LogP contribution is 2.15. The standard InChI is InChI=1S/C15H18N4O3S/c1-10-4-3-5-11(8-10)14(21)16-7-6-12(20)17-15-19-18-13(23-15)9-22-2/h3-5,8H,6-7,9H2,1-2H3,(H,16,21)(H,17,19,20). The Morgan fingerprint density at radius 1 is 1.30 bits per heavy atom. The fourth-order valence-corrected chi connectivity index (χ4v) is 2.57. The Kier molecular flexibility index (Phi) is 6.19. The first-order chi connectivity index (χ1) is 11.1. The Bertz CT molecular complexity index is 687. The molecule has 0 spiro atoms. The number of carbonyl (C=O) groups is 2. The number of hydrogen-bond donors (Lipinski definition) is 2. The lowest BCUT2D eigenvalue weighted by Gasteiger charge is -2.05. The van der Waals surface area contributed by atoms with Crippen molar-refractivity contribution < 1.29 is 14.3 Å². The summed E-state index contributed by atoms with van der Waals surface area (Å²) in [4.78, 5) is 23.7. The summed E-state index contributed by atoms with van der Waals surface area (Å²) in [5.41, 5.74) is 1.59. The average molecular weight is 334 g/mol. The van der Waals surface area contributed by atoms with E-state index >= 15 is 0 Å². The summed E-state index contributed by atoms with van der Waals surface area (Å²) in [6.45, 7) is 2.53. The molecule has 1 aromatic heterocycles. The number of aryl methyl sites for hydroxylation is 1. The van der Waals surface area contributed by atoms with E-state index in [9.17, 15) is 9.59 Å². The number of nitrogens with zero attached hydrogens (tertiary/aromatic N) is 2. The van der Waals surface area contributed by atoms with Crippen molar-refractivity contribution in [2.45, 2.75) is 20.0 Å². The molecule has 7 nitrogen and oxygen atoms in total. The van der Waals surface area contributed by atoms with Crippen LogP contribution in [0.4, 0.5) is 5.13 Å². The van der Waals surface area contributed by atoms with Crippen LogP contribution < -0.4 is 10.6 Å². The van der Waals surface area contributed by atoms with Crippen molar-refractivity contribution in [3.8, 4) is 0 Å². The van der Waals surface area contributed by atoms with Gasteiger partial charge >= 0.3 is 0 Å². The molecule has 0 fully saturated rings. The van der Waals surface area contributed by atoms with Crippen LogP contribution in [0.25, 0.3) is 0 Å². The maximum absolute atomic E-state index is 11.9. The van der Waals surface area contributed by atoms with Crippen molar-refractivity contribution in [2.24, 2.45) is 0 Å². The number of methoxy groups -OCH3 is 1. The summed E-state index contributed by atoms with van der Waals surface area (Å²) >= 11 is 1.26. The van der Waals surface area contributed by atoms with Crippen molar-refractivity contribution in [2.75, 3.05) is 19.0 Å². The molecule has 122 valence electrons. The van der Waals surface area contributed by atoms with Crippen LogP contribution >= 0.6 is 11.3 Å². The first kappa shape index (κ1) is 17.0. The van der Waals surface area contributed by atoms with Gasteiger partial charge in [-0.05, 0) is 19.1 Å². The molecule has 0 bridgehead atoms. The van der Waals surface area contributed by atoms with E-state index in [1.807, 2.05) is 19.1 Å². The van der Waals surface area contributed by atoms with Crippen LogP contribution in [-0.2, 0) is 16.1 Å². The summed E-state index contributed by atoms with van der Waals surface area (Å²) in [5, 5.41) is 14.2. The molecule has 0 aliphatic heterocycles. The molecule has 23 heavy (non-hydrogen) atoms. The molecule has 2 rings (SSSR count). The molecule has 2 N–H and O–H groups in total. The minimum Gasteiger partial charge on any atom is -0.377 e. The second-order valence-corrected chi connectivity index (χ2v) is 5.92. The number of anilines is 1. The summed E-state index contributed by atoms with van der Waals surface area (Å²) < 4.78 is 4.94. The highest BCUT2D eigenvalue weighted by molar-refractivity contribution is 7.15. The van der Waals surface area contributed by atoms with Crippen molar-refractivity contribution in [1.29, 1.82) is 0 Å². The number of amides is 2. The van der Waals surface area contributed by atoms with E-state index in [2.05, 4.69) is 20.8 Å². The lowest BCUT2D eigenvalue weighted by molar-refractivity contribution is -0.116. The van der Waals surface area contributed by atoms with Gasteiger partial charge in [0.1, 0.15) is 11.6 Å². The SMILES string of the molecule is COCc1nnc(NC(=O)CCNC(=O)c2cccc(C)c2)s1. The van der Waals surface area contributed by atoms with E-state index in [0.717, 1.165) is 5.56 Å². The van der Waals surface area contributed by atoms with Crippen LogP contribution in [0.1, 0.15) is 27.3 Å². The molecule has 0 saturated heterocycles. The summed E-state index contributed by atoms with van der Waals surface area (Å²) in [6, 6.07) is 7.28. The average Bonchev–Trinajstić information content (AvgIpc) is 2.94. The fraction of sp³-hybridized carbons (Fsp3) is 0.333. The molecule has 0 aliphatic rings. The van der Waals surface area contributed by atoms with Crippen LogP contribution in [-0.4, -0.2) is 35.7 Å². The van der Waals surface area contributed by atoms with E-state index in [1.54, 1.807) is 19.2 Å². The topological polar surface area (TPSA) is 93.2 Å². The van der Waals surface area contributed by atoms with Gasteiger partial charge in [-0.2, -0.15) is 0 Å². The number of rotatable bonds is 7. The molecule has 2 amide bonds. The molecule has 0 saturated carbocycles. The normalized spacial score (nSPS) is 10.3. The van der Waals surface area contributed by atoms with Crippen molar-refractivity contribution >= 4 is 28.3 Å². The second-order valence-electron chi connectivity index (χ2n) is 4.86. The molecule has 0 aliphatic carbocycles. The predicted octanol–water partition coefficient (Wildman–Crippen LogP) is 1.75. The van der Waals surface area contributed by atoms with Gasteiger partial charge in [-0.3, -0.25) is 9.59 Å². The Morgan fingerprint density at radius 2 is 2.13 bits per heavy atom. The number of aromatic nitrogens is 2. The summed E-state index contributed by atoms with van der Waals surface area (Å²) in [5.74, 6) is -0.422. The molecular weight excluding hydrogens is 316 g/mol. The minimum absolute atomic E-state index is 0.163. The van der Waals surface area contributed by atoms with Gasteiger partial charge in [0.2, 0.25) is 11.0 Å². The van der Waals surface area contributed by atoms with Gasteiger partial charge in [0.15, 0.2) is 0 Å². The third kappa shape index (κ3) is 5.42. The van der Waals surface area contributed by atoms with E-state index in [1.165, 1.54) is 11.3 Å². The van der Waals surface area contributed by atoms with E-state index in [-0.39, 0.29) is 24.8 Å². The maximum Gasteiger partial charge on any atom is 0.251 e. The summed E-state index contributed by atoms with van der Waals surface area (Å²) in [6.07, 6.45) is 0.163. The number of nitrogens with one attached hydrogen (secondary N) is 2. The number of hydrogen-bond acceptors (Lipinski definition) is 6. The lowest BCUT2D eigenvalue weighted by Crippen LogP contribution is -2.27. The van der Waals surface area contributed by atoms with Crippen molar-refractivity contribution in [3.63, 3.8) is 0 Å². The van der Waals surface area contributed by atoms with Crippen molar-refractivity contribution in [1.82, 2.24) is 15.5 Å². The zero-order valence-corrected chi connectivity index (χ0v) is 13.8. The molecule has 0 unspecified atom stereocenters. The first-order valence-electron chi connectivity index (χ1n) is 7.04. The van der Waals surface area contributed by atoms with Crippen LogP contribution in [0.2, 0.25) is 0 Å². The Hall–Kier alpha value is -2.32. The fourth-order valence-electron chi connectivity index (χ4n) is 1.85. The molecule has 0 radical (unpaired) electrons. The monoisotopic (exact) mass is 334 g/mol. The zero-order valence-electron chi connectivity index (χ0n) is 13.0. The molecule has 2 aromatic rings. The van der Waals surface area contributed by atoms with Crippen molar-refractivity contribution in [3.05, 3.63) is 40.4 Å². The van der Waals surface area contributed by atoms with Gasteiger partial charge in [-0.15, -0.1) is 10.2 Å². The first-order valence-corrected chi connectivity index (χ1v) is 7.86. The molecular formula is C15H18N4O3S. The Balaban J connectivity index is 1.74. The smallest absolute Gasteiger partial charge is 0.251 e. The highest BCUT2D eigenvalue weighted by atomic mass is 32.1. The highest BCUT2D eigenvalue weighted by Gasteiger charge is 2.09. The van der Waals surface area contributed by atoms with E-state index in [0.29, 0.717) is 22.3 Å². The van der Waals surface area contributed by atoms with Gasteiger partial charge in [0, 0.05) is 25.6 Å². The quantitative estimate of drug-likeness (QED) is 0.805. The Morgan fingerprint density at radius 3 is 2.87 bits per heavy atom. The third-order valence-corrected chi connectivity index (χ3v) is 3.71. The predicted molar refractivity (Wildman–Crippen MR) is 87.4 cm³/mol. The number of benzene rings is 1. The second kappa shape index (κ2) is 8.35. The molecule has 1 heterocycles. The number of carbonyl (C=O) groups excluding carboxylic acids is 2.